The number of aryl methyl sites for hydroxylation is 1. The normalized spacial score (nSPS) is 11.5. The number of rotatable bonds is 8. The smallest absolute Gasteiger partial charge is 0.127 e. The Kier molecular flexibility index (Phi) is 7.70. The van der Waals surface area contributed by atoms with E-state index in [1.54, 1.807) is 0 Å². The number of unbranched alkanes of at least 4 members (excludes halogenated alkanes) is 3. The fraction of sp³-hybridized carbons (Fsp3) is 0.571. The van der Waals surface area contributed by atoms with E-state index in [2.05, 4.69) is 35.0 Å². The molecule has 0 amide bonds. The maximum Gasteiger partial charge on any atom is 0.127 e. The number of hydrogen-bond donors (Lipinski definition) is 0. The van der Waals surface area contributed by atoms with Crippen LogP contribution >= 0.6 is 27.5 Å². The minimum atomic E-state index is 0.754. The predicted molar refractivity (Wildman–Crippen MR) is 78.6 cm³/mol. The van der Waals surface area contributed by atoms with Crippen LogP contribution in [0.3, 0.4) is 0 Å². The lowest BCUT2D eigenvalue weighted by Gasteiger charge is -1.97. The second-order valence-electron chi connectivity index (χ2n) is 4.11. The number of furan rings is 1. The number of hydrogen-bond acceptors (Lipinski definition) is 1. The van der Waals surface area contributed by atoms with E-state index in [4.69, 9.17) is 16.0 Å². The van der Waals surface area contributed by atoms with Crippen molar-refractivity contribution < 1.29 is 4.42 Å². The maximum atomic E-state index is 5.77. The topological polar surface area (TPSA) is 13.1 Å². The lowest BCUT2D eigenvalue weighted by Crippen LogP contribution is -1.84. The summed E-state index contributed by atoms with van der Waals surface area (Å²) >= 11 is 9.19. The Labute approximate surface area is 117 Å². The van der Waals surface area contributed by atoms with E-state index >= 15 is 0 Å². The molecule has 1 heterocycles. The zero-order valence-corrected chi connectivity index (χ0v) is 12.7. The zero-order chi connectivity index (χ0) is 12.5. The van der Waals surface area contributed by atoms with Crippen molar-refractivity contribution in [2.75, 3.05) is 5.88 Å². The van der Waals surface area contributed by atoms with Crippen LogP contribution < -0.4 is 0 Å². The van der Waals surface area contributed by atoms with Gasteiger partial charge in [0.25, 0.3) is 0 Å². The maximum absolute atomic E-state index is 5.77. The first-order chi connectivity index (χ1) is 8.27. The average Bonchev–Trinajstić information content (AvgIpc) is 2.66. The van der Waals surface area contributed by atoms with Crippen molar-refractivity contribution in [3.05, 3.63) is 28.1 Å². The highest BCUT2D eigenvalue weighted by Crippen LogP contribution is 2.24. The molecule has 1 aromatic heterocycles. The molecule has 0 unspecified atom stereocenters. The summed E-state index contributed by atoms with van der Waals surface area (Å²) < 4.78 is 6.86. The van der Waals surface area contributed by atoms with Crippen LogP contribution in [0.4, 0.5) is 0 Å². The van der Waals surface area contributed by atoms with Gasteiger partial charge in [0.15, 0.2) is 0 Å². The van der Waals surface area contributed by atoms with E-state index in [-0.39, 0.29) is 0 Å². The van der Waals surface area contributed by atoms with Gasteiger partial charge in [-0.1, -0.05) is 25.8 Å². The van der Waals surface area contributed by atoms with Crippen molar-refractivity contribution in [3.8, 4) is 0 Å². The van der Waals surface area contributed by atoms with Gasteiger partial charge in [0, 0.05) is 12.3 Å². The molecule has 1 aromatic rings. The molecule has 0 aliphatic rings. The van der Waals surface area contributed by atoms with Crippen LogP contribution in [0.5, 0.6) is 0 Å². The molecule has 0 aromatic carbocycles. The van der Waals surface area contributed by atoms with E-state index in [1.165, 1.54) is 6.42 Å². The summed E-state index contributed by atoms with van der Waals surface area (Å²) in [4.78, 5) is 0. The Hall–Kier alpha value is -0.210. The first-order valence-corrected chi connectivity index (χ1v) is 7.61. The van der Waals surface area contributed by atoms with Crippen molar-refractivity contribution in [1.82, 2.24) is 0 Å². The molecular weight excluding hydrogens is 300 g/mol. The summed E-state index contributed by atoms with van der Waals surface area (Å²) in [7, 11) is 0. The second-order valence-corrected chi connectivity index (χ2v) is 5.34. The van der Waals surface area contributed by atoms with E-state index in [1.807, 2.05) is 6.07 Å². The van der Waals surface area contributed by atoms with E-state index in [0.29, 0.717) is 0 Å². The van der Waals surface area contributed by atoms with Gasteiger partial charge in [-0.25, -0.2) is 0 Å². The summed E-state index contributed by atoms with van der Waals surface area (Å²) in [6, 6.07) is 2.04. The molecule has 1 nitrogen and oxygen atoms in total. The molecule has 0 bridgehead atoms. The minimum absolute atomic E-state index is 0.754. The van der Waals surface area contributed by atoms with Crippen molar-refractivity contribution in [3.63, 3.8) is 0 Å². The van der Waals surface area contributed by atoms with Crippen LogP contribution in [0.15, 0.2) is 21.0 Å². The lowest BCUT2D eigenvalue weighted by molar-refractivity contribution is 0.487. The Morgan fingerprint density at radius 3 is 2.88 bits per heavy atom. The van der Waals surface area contributed by atoms with Gasteiger partial charge in [-0.3, -0.25) is 0 Å². The van der Waals surface area contributed by atoms with Crippen LogP contribution in [0.2, 0.25) is 0 Å². The molecule has 0 aliphatic carbocycles. The summed E-state index contributed by atoms with van der Waals surface area (Å²) in [6.45, 7) is 2.17. The second kappa shape index (κ2) is 8.82. The van der Waals surface area contributed by atoms with Gasteiger partial charge in [-0.05, 0) is 47.3 Å². The Bertz CT molecular complexity index is 344. The standard InChI is InChI=1S/C14H20BrClO/c1-2-3-5-8-12-11-13(15)14(17-12)9-6-4-7-10-16/h5,8,11H,2-4,6-7,9-10H2,1H3/b8-5+. The van der Waals surface area contributed by atoms with Crippen LogP contribution in [0.1, 0.15) is 50.5 Å². The van der Waals surface area contributed by atoms with Crippen LogP contribution in [-0.2, 0) is 6.42 Å². The number of alkyl halides is 1. The summed E-state index contributed by atoms with van der Waals surface area (Å²) in [6.07, 6.45) is 10.9. The molecule has 0 N–H and O–H groups in total. The fourth-order valence-electron chi connectivity index (χ4n) is 1.60. The lowest BCUT2D eigenvalue weighted by atomic mass is 10.2. The van der Waals surface area contributed by atoms with Gasteiger partial charge < -0.3 is 4.42 Å². The van der Waals surface area contributed by atoms with E-state index in [0.717, 1.165) is 54.0 Å². The first kappa shape index (κ1) is 14.8. The van der Waals surface area contributed by atoms with Gasteiger partial charge in [0.1, 0.15) is 11.5 Å². The molecule has 0 radical (unpaired) electrons. The van der Waals surface area contributed by atoms with Gasteiger partial charge in [-0.15, -0.1) is 11.6 Å². The number of allylic oxidation sites excluding steroid dienone is 1. The zero-order valence-electron chi connectivity index (χ0n) is 10.3. The van der Waals surface area contributed by atoms with Crippen LogP contribution in [-0.4, -0.2) is 5.88 Å². The van der Waals surface area contributed by atoms with E-state index in [9.17, 15) is 0 Å². The van der Waals surface area contributed by atoms with Crippen LogP contribution in [0.25, 0.3) is 6.08 Å². The molecule has 0 saturated carbocycles. The Morgan fingerprint density at radius 2 is 2.18 bits per heavy atom. The first-order valence-electron chi connectivity index (χ1n) is 6.28. The largest absolute Gasteiger partial charge is 0.461 e. The molecule has 17 heavy (non-hydrogen) atoms. The predicted octanol–water partition coefficient (Wildman–Crippen LogP) is 5.81. The van der Waals surface area contributed by atoms with Gasteiger partial charge in [-0.2, -0.15) is 0 Å². The highest BCUT2D eigenvalue weighted by Gasteiger charge is 2.06. The SMILES string of the molecule is CCC/C=C/c1cc(Br)c(CCCCCCl)o1. The Morgan fingerprint density at radius 1 is 1.35 bits per heavy atom. The van der Waals surface area contributed by atoms with Crippen molar-refractivity contribution in [2.24, 2.45) is 0 Å². The highest BCUT2D eigenvalue weighted by molar-refractivity contribution is 9.10. The molecule has 0 spiro atoms. The molecule has 0 saturated heterocycles. The summed E-state index contributed by atoms with van der Waals surface area (Å²) in [5, 5.41) is 0. The Balaban J connectivity index is 2.44. The molecule has 96 valence electrons. The van der Waals surface area contributed by atoms with Crippen molar-refractivity contribution in [1.29, 1.82) is 0 Å². The minimum Gasteiger partial charge on any atom is -0.461 e. The summed E-state index contributed by atoms with van der Waals surface area (Å²) in [5.41, 5.74) is 0. The van der Waals surface area contributed by atoms with Crippen LogP contribution in [0, 0.1) is 0 Å². The third-order valence-corrected chi connectivity index (χ3v) is 3.49. The molecule has 0 fully saturated rings. The molecule has 0 atom stereocenters. The van der Waals surface area contributed by atoms with E-state index < -0.39 is 0 Å². The van der Waals surface area contributed by atoms with Crippen molar-refractivity contribution in [2.45, 2.75) is 45.4 Å². The third kappa shape index (κ3) is 5.78. The molecule has 1 rings (SSSR count). The molecule has 3 heteroatoms. The third-order valence-electron chi connectivity index (χ3n) is 2.55. The summed E-state index contributed by atoms with van der Waals surface area (Å²) in [5.74, 6) is 2.75. The van der Waals surface area contributed by atoms with Gasteiger partial charge in [0.2, 0.25) is 0 Å². The fourth-order valence-corrected chi connectivity index (χ4v) is 2.30. The van der Waals surface area contributed by atoms with Gasteiger partial charge in [0.05, 0.1) is 4.47 Å². The van der Waals surface area contributed by atoms with Gasteiger partial charge >= 0.3 is 0 Å². The quantitative estimate of drug-likeness (QED) is 0.435. The molecular formula is C14H20BrClO. The number of halogens is 2. The monoisotopic (exact) mass is 318 g/mol. The van der Waals surface area contributed by atoms with Crippen molar-refractivity contribution >= 4 is 33.6 Å². The average molecular weight is 320 g/mol. The highest BCUT2D eigenvalue weighted by atomic mass is 79.9. The molecule has 0 aliphatic heterocycles.